The number of benzene rings is 2. The molecule has 0 spiro atoms. The Hall–Kier alpha value is -3.01. The second-order valence-electron chi connectivity index (χ2n) is 5.04. The van der Waals surface area contributed by atoms with Crippen LogP contribution in [-0.2, 0) is 11.2 Å². The predicted molar refractivity (Wildman–Crippen MR) is 94.4 cm³/mol. The molecule has 0 aromatic heterocycles. The van der Waals surface area contributed by atoms with E-state index in [0.717, 1.165) is 29.4 Å². The highest BCUT2D eigenvalue weighted by Crippen LogP contribution is 2.19. The van der Waals surface area contributed by atoms with Crippen LogP contribution in [0.25, 0.3) is 6.08 Å². The molecule has 0 amide bonds. The van der Waals surface area contributed by atoms with Crippen molar-refractivity contribution in [3.05, 3.63) is 78.4 Å². The Morgan fingerprint density at radius 3 is 2.46 bits per heavy atom. The predicted octanol–water partition coefficient (Wildman–Crippen LogP) is 3.97. The zero-order chi connectivity index (χ0) is 17.2. The van der Waals surface area contributed by atoms with Gasteiger partial charge < -0.3 is 14.6 Å². The average molecular weight is 324 g/mol. The molecular weight excluding hydrogens is 304 g/mol. The lowest BCUT2D eigenvalue weighted by molar-refractivity contribution is -0.131. The molecule has 0 aliphatic heterocycles. The molecule has 0 atom stereocenters. The summed E-state index contributed by atoms with van der Waals surface area (Å²) in [6.07, 6.45) is 5.25. The summed E-state index contributed by atoms with van der Waals surface area (Å²) in [6, 6.07) is 15.1. The lowest BCUT2D eigenvalue weighted by atomic mass is 10.1. The highest BCUT2D eigenvalue weighted by Gasteiger charge is 2.01. The molecular formula is C20H20O4. The van der Waals surface area contributed by atoms with E-state index in [4.69, 9.17) is 14.6 Å². The molecule has 0 aliphatic rings. The fourth-order valence-electron chi connectivity index (χ4n) is 2.12. The van der Waals surface area contributed by atoms with Gasteiger partial charge in [0.2, 0.25) is 0 Å². The number of para-hydroxylation sites is 1. The molecule has 0 unspecified atom stereocenters. The van der Waals surface area contributed by atoms with Crippen molar-refractivity contribution >= 4 is 12.0 Å². The smallest absolute Gasteiger partial charge is 0.328 e. The van der Waals surface area contributed by atoms with Gasteiger partial charge in [-0.3, -0.25) is 0 Å². The first-order valence-electron chi connectivity index (χ1n) is 7.64. The number of hydrogen-bond donors (Lipinski definition) is 1. The van der Waals surface area contributed by atoms with Crippen LogP contribution in [0.3, 0.4) is 0 Å². The quantitative estimate of drug-likeness (QED) is 0.431. The Morgan fingerprint density at radius 2 is 1.75 bits per heavy atom. The maximum Gasteiger partial charge on any atom is 0.328 e. The number of carboxylic acid groups (broad SMARTS) is 1. The van der Waals surface area contributed by atoms with Crippen LogP contribution >= 0.6 is 0 Å². The van der Waals surface area contributed by atoms with Gasteiger partial charge in [-0.05, 0) is 41.8 Å². The Bertz CT molecular complexity index is 702. The number of carbonyl (C=O) groups is 1. The topological polar surface area (TPSA) is 55.8 Å². The summed E-state index contributed by atoms with van der Waals surface area (Å²) in [5.74, 6) is 0.588. The first-order valence-corrected chi connectivity index (χ1v) is 7.64. The van der Waals surface area contributed by atoms with Crippen molar-refractivity contribution in [3.8, 4) is 11.5 Å². The summed E-state index contributed by atoms with van der Waals surface area (Å²) in [5.41, 5.74) is 1.90. The maximum absolute atomic E-state index is 10.5. The van der Waals surface area contributed by atoms with Crippen molar-refractivity contribution in [3.63, 3.8) is 0 Å². The Balaban J connectivity index is 1.80. The zero-order valence-corrected chi connectivity index (χ0v) is 13.4. The molecule has 0 saturated carbocycles. The van der Waals surface area contributed by atoms with Crippen molar-refractivity contribution in [2.45, 2.75) is 6.42 Å². The Labute approximate surface area is 141 Å². The van der Waals surface area contributed by atoms with E-state index >= 15 is 0 Å². The van der Waals surface area contributed by atoms with Gasteiger partial charge in [-0.25, -0.2) is 4.79 Å². The van der Waals surface area contributed by atoms with Gasteiger partial charge in [0, 0.05) is 6.08 Å². The third-order valence-electron chi connectivity index (χ3n) is 3.24. The van der Waals surface area contributed by atoms with Crippen LogP contribution in [0, 0.1) is 0 Å². The Kier molecular flexibility index (Phi) is 6.65. The SMILES string of the molecule is C=CCc1ccccc1OCCOc1ccc(C=CC(=O)O)cc1. The molecule has 0 fully saturated rings. The maximum atomic E-state index is 10.5. The molecule has 2 rings (SSSR count). The van der Waals surface area contributed by atoms with Crippen LogP contribution in [0.15, 0.2) is 67.3 Å². The molecule has 2 aromatic carbocycles. The van der Waals surface area contributed by atoms with Crippen LogP contribution in [0.4, 0.5) is 0 Å². The molecule has 0 heterocycles. The van der Waals surface area contributed by atoms with E-state index in [0.29, 0.717) is 19.0 Å². The first kappa shape index (κ1) is 17.3. The van der Waals surface area contributed by atoms with Gasteiger partial charge in [-0.2, -0.15) is 0 Å². The lowest BCUT2D eigenvalue weighted by Gasteiger charge is -2.11. The van der Waals surface area contributed by atoms with Gasteiger partial charge in [-0.15, -0.1) is 6.58 Å². The molecule has 2 aromatic rings. The van der Waals surface area contributed by atoms with Crippen molar-refractivity contribution in [2.24, 2.45) is 0 Å². The van der Waals surface area contributed by atoms with E-state index < -0.39 is 5.97 Å². The highest BCUT2D eigenvalue weighted by molar-refractivity contribution is 5.85. The standard InChI is InChI=1S/C20H20O4/c1-2-5-17-6-3-4-7-19(17)24-15-14-23-18-11-8-16(9-12-18)10-13-20(21)22/h2-4,6-13H,1,5,14-15H2,(H,21,22). The molecule has 1 N–H and O–H groups in total. The second kappa shape index (κ2) is 9.20. The third kappa shape index (κ3) is 5.65. The van der Waals surface area contributed by atoms with E-state index in [2.05, 4.69) is 6.58 Å². The summed E-state index contributed by atoms with van der Waals surface area (Å²) in [7, 11) is 0. The van der Waals surface area contributed by atoms with Crippen molar-refractivity contribution in [2.75, 3.05) is 13.2 Å². The molecule has 4 nitrogen and oxygen atoms in total. The highest BCUT2D eigenvalue weighted by atomic mass is 16.5. The minimum absolute atomic E-state index is 0.423. The van der Waals surface area contributed by atoms with Gasteiger partial charge in [0.15, 0.2) is 0 Å². The second-order valence-corrected chi connectivity index (χ2v) is 5.04. The molecule has 0 aliphatic carbocycles. The first-order chi connectivity index (χ1) is 11.7. The molecule has 0 bridgehead atoms. The van der Waals surface area contributed by atoms with E-state index in [1.807, 2.05) is 30.3 Å². The normalized spacial score (nSPS) is 10.5. The van der Waals surface area contributed by atoms with Crippen LogP contribution in [-0.4, -0.2) is 24.3 Å². The van der Waals surface area contributed by atoms with Crippen molar-refractivity contribution in [1.82, 2.24) is 0 Å². The van der Waals surface area contributed by atoms with E-state index in [1.165, 1.54) is 6.08 Å². The largest absolute Gasteiger partial charge is 0.490 e. The monoisotopic (exact) mass is 324 g/mol. The van der Waals surface area contributed by atoms with E-state index in [1.54, 1.807) is 24.3 Å². The fourth-order valence-corrected chi connectivity index (χ4v) is 2.12. The molecule has 124 valence electrons. The summed E-state index contributed by atoms with van der Waals surface area (Å²) < 4.78 is 11.4. The Morgan fingerprint density at radius 1 is 1.04 bits per heavy atom. The molecule has 4 heteroatoms. The van der Waals surface area contributed by atoms with Crippen LogP contribution in [0.5, 0.6) is 11.5 Å². The van der Waals surface area contributed by atoms with Gasteiger partial charge >= 0.3 is 5.97 Å². The van der Waals surface area contributed by atoms with Crippen LogP contribution < -0.4 is 9.47 Å². The summed E-state index contributed by atoms with van der Waals surface area (Å²) in [4.78, 5) is 10.5. The van der Waals surface area contributed by atoms with Crippen molar-refractivity contribution < 1.29 is 19.4 Å². The van der Waals surface area contributed by atoms with Crippen molar-refractivity contribution in [1.29, 1.82) is 0 Å². The molecule has 0 saturated heterocycles. The zero-order valence-electron chi connectivity index (χ0n) is 13.4. The number of ether oxygens (including phenoxy) is 2. The van der Waals surface area contributed by atoms with Crippen LogP contribution in [0.1, 0.15) is 11.1 Å². The molecule has 24 heavy (non-hydrogen) atoms. The van der Waals surface area contributed by atoms with Gasteiger partial charge in [0.05, 0.1) is 0 Å². The van der Waals surface area contributed by atoms with Crippen LogP contribution in [0.2, 0.25) is 0 Å². The van der Waals surface area contributed by atoms with Gasteiger partial charge in [-0.1, -0.05) is 36.4 Å². The lowest BCUT2D eigenvalue weighted by Crippen LogP contribution is -2.09. The fraction of sp³-hybridized carbons (Fsp3) is 0.150. The summed E-state index contributed by atoms with van der Waals surface area (Å²) in [6.45, 7) is 4.61. The third-order valence-corrected chi connectivity index (χ3v) is 3.24. The van der Waals surface area contributed by atoms with E-state index in [-0.39, 0.29) is 0 Å². The summed E-state index contributed by atoms with van der Waals surface area (Å²) in [5, 5.41) is 8.59. The molecule has 0 radical (unpaired) electrons. The van der Waals surface area contributed by atoms with E-state index in [9.17, 15) is 4.79 Å². The van der Waals surface area contributed by atoms with Gasteiger partial charge in [0.1, 0.15) is 24.7 Å². The number of aliphatic carboxylic acids is 1. The summed E-state index contributed by atoms with van der Waals surface area (Å²) >= 11 is 0. The minimum Gasteiger partial charge on any atom is -0.490 e. The number of hydrogen-bond acceptors (Lipinski definition) is 3. The average Bonchev–Trinajstić information content (AvgIpc) is 2.59. The van der Waals surface area contributed by atoms with Gasteiger partial charge in [0.25, 0.3) is 0 Å². The number of allylic oxidation sites excluding steroid dienone is 1. The number of carboxylic acids is 1. The minimum atomic E-state index is -0.968. The number of rotatable bonds is 9.